The average Bonchev–Trinajstić information content (AvgIpc) is 3.52. The number of aromatic amines is 1. The number of carbonyl (C=O) groups excluding carboxylic acids is 2. The maximum atomic E-state index is 13.4. The lowest BCUT2D eigenvalue weighted by Crippen LogP contribution is -2.14. The summed E-state index contributed by atoms with van der Waals surface area (Å²) in [6, 6.07) is 19.1. The van der Waals surface area contributed by atoms with Gasteiger partial charge < -0.3 is 19.6 Å². The van der Waals surface area contributed by atoms with Crippen LogP contribution in [0.15, 0.2) is 71.1 Å². The van der Waals surface area contributed by atoms with Gasteiger partial charge in [-0.3, -0.25) is 14.7 Å². The predicted molar refractivity (Wildman–Crippen MR) is 140 cm³/mol. The fraction of sp³-hybridized carbons (Fsp3) is 0.138. The molecule has 0 aliphatic rings. The fourth-order valence-corrected chi connectivity index (χ4v) is 4.24. The molecule has 3 aromatic carbocycles. The van der Waals surface area contributed by atoms with Gasteiger partial charge in [0.05, 0.1) is 18.0 Å². The van der Waals surface area contributed by atoms with Gasteiger partial charge in [0.1, 0.15) is 22.8 Å². The van der Waals surface area contributed by atoms with Gasteiger partial charge in [0, 0.05) is 16.5 Å². The van der Waals surface area contributed by atoms with Crippen molar-refractivity contribution in [2.75, 3.05) is 11.9 Å². The summed E-state index contributed by atoms with van der Waals surface area (Å²) >= 11 is 0. The van der Waals surface area contributed by atoms with Gasteiger partial charge in [-0.05, 0) is 80.4 Å². The molecule has 0 bridgehead atoms. The number of furan rings is 1. The molecule has 1 amide bonds. The Labute approximate surface area is 212 Å². The number of aromatic hydroxyl groups is 1. The van der Waals surface area contributed by atoms with E-state index in [9.17, 15) is 14.7 Å². The molecule has 3 N–H and O–H groups in total. The van der Waals surface area contributed by atoms with Crippen LogP contribution in [0.3, 0.4) is 0 Å². The number of aromatic nitrogens is 2. The van der Waals surface area contributed by atoms with Crippen LogP contribution in [0.1, 0.15) is 44.7 Å². The Morgan fingerprint density at radius 2 is 1.81 bits per heavy atom. The molecule has 0 saturated carbocycles. The Morgan fingerprint density at radius 3 is 2.57 bits per heavy atom. The van der Waals surface area contributed by atoms with Crippen LogP contribution in [-0.4, -0.2) is 33.6 Å². The first-order chi connectivity index (χ1) is 17.9. The average molecular weight is 496 g/mol. The highest BCUT2D eigenvalue weighted by atomic mass is 16.5. The third-order valence-corrected chi connectivity index (χ3v) is 6.01. The summed E-state index contributed by atoms with van der Waals surface area (Å²) in [7, 11) is 0. The molecule has 186 valence electrons. The van der Waals surface area contributed by atoms with E-state index in [1.807, 2.05) is 19.9 Å². The van der Waals surface area contributed by atoms with Crippen LogP contribution in [-0.2, 0) is 0 Å². The van der Waals surface area contributed by atoms with Crippen molar-refractivity contribution in [2.24, 2.45) is 0 Å². The van der Waals surface area contributed by atoms with Crippen molar-refractivity contribution in [3.8, 4) is 22.8 Å². The lowest BCUT2D eigenvalue weighted by molar-refractivity contribution is 0.101. The van der Waals surface area contributed by atoms with Gasteiger partial charge in [0.2, 0.25) is 5.78 Å². The number of nitrogens with one attached hydrogen (secondary N) is 2. The number of aryl methyl sites for hydroxylation is 2. The van der Waals surface area contributed by atoms with Crippen LogP contribution in [0.2, 0.25) is 0 Å². The van der Waals surface area contributed by atoms with Gasteiger partial charge in [-0.15, -0.1) is 0 Å². The number of anilines is 1. The van der Waals surface area contributed by atoms with Crippen molar-refractivity contribution in [2.45, 2.75) is 20.8 Å². The molecule has 5 rings (SSSR count). The van der Waals surface area contributed by atoms with E-state index in [-0.39, 0.29) is 28.7 Å². The molecule has 2 heterocycles. The highest BCUT2D eigenvalue weighted by Crippen LogP contribution is 2.34. The van der Waals surface area contributed by atoms with Crippen molar-refractivity contribution < 1.29 is 23.8 Å². The third-order valence-electron chi connectivity index (χ3n) is 6.01. The zero-order valence-corrected chi connectivity index (χ0v) is 20.6. The highest BCUT2D eigenvalue weighted by molar-refractivity contribution is 6.18. The number of phenols is 1. The van der Waals surface area contributed by atoms with E-state index >= 15 is 0 Å². The maximum absolute atomic E-state index is 13.4. The predicted octanol–water partition coefficient (Wildman–Crippen LogP) is 6.03. The Hall–Kier alpha value is -4.85. The van der Waals surface area contributed by atoms with Gasteiger partial charge in [-0.25, -0.2) is 0 Å². The van der Waals surface area contributed by atoms with Crippen LogP contribution >= 0.6 is 0 Å². The smallest absolute Gasteiger partial charge is 0.273 e. The number of H-pyrrole nitrogens is 1. The van der Waals surface area contributed by atoms with Crippen molar-refractivity contribution in [1.82, 2.24) is 10.2 Å². The SMILES string of the molecule is CCOc1ccc(C(=O)c2oc3ccccc3c2NC(=O)c2cc(-c3cc(C)cc(C)c3O)n[nH]2)cc1. The number of para-hydroxylation sites is 1. The van der Waals surface area contributed by atoms with Crippen LogP contribution in [0.4, 0.5) is 5.69 Å². The summed E-state index contributed by atoms with van der Waals surface area (Å²) in [4.78, 5) is 26.6. The van der Waals surface area contributed by atoms with Crippen LogP contribution in [0, 0.1) is 13.8 Å². The molecular formula is C29H25N3O5. The number of amides is 1. The van der Waals surface area contributed by atoms with Gasteiger partial charge in [0.25, 0.3) is 5.91 Å². The first-order valence-electron chi connectivity index (χ1n) is 11.8. The number of nitrogens with zero attached hydrogens (tertiary/aromatic N) is 1. The second-order valence-electron chi connectivity index (χ2n) is 8.69. The molecule has 5 aromatic rings. The minimum Gasteiger partial charge on any atom is -0.507 e. The molecule has 0 fully saturated rings. The number of hydrogen-bond donors (Lipinski definition) is 3. The molecule has 0 aliphatic carbocycles. The maximum Gasteiger partial charge on any atom is 0.273 e. The number of fused-ring (bicyclic) bond motifs is 1. The number of rotatable bonds is 7. The topological polar surface area (TPSA) is 117 Å². The van der Waals surface area contributed by atoms with E-state index in [0.29, 0.717) is 45.7 Å². The monoisotopic (exact) mass is 495 g/mol. The molecule has 8 nitrogen and oxygen atoms in total. The standard InChI is InChI=1S/C29H25N3O5/c1-4-36-19-11-9-18(10-12-19)27(34)28-25(20-7-5-6-8-24(20)37-28)30-29(35)23-15-22(31-32-23)21-14-16(2)13-17(3)26(21)33/h5-15,33H,4H2,1-3H3,(H,30,35)(H,31,32). The molecule has 37 heavy (non-hydrogen) atoms. The highest BCUT2D eigenvalue weighted by Gasteiger charge is 2.25. The molecule has 0 saturated heterocycles. The van der Waals surface area contributed by atoms with E-state index in [1.54, 1.807) is 67.6 Å². The third kappa shape index (κ3) is 4.56. The summed E-state index contributed by atoms with van der Waals surface area (Å²) in [6.45, 7) is 6.13. The molecule has 8 heteroatoms. The zero-order chi connectivity index (χ0) is 26.1. The Kier molecular flexibility index (Phi) is 6.23. The van der Waals surface area contributed by atoms with E-state index in [2.05, 4.69) is 15.5 Å². The molecular weight excluding hydrogens is 470 g/mol. The Bertz CT molecular complexity index is 1630. The largest absolute Gasteiger partial charge is 0.507 e. The molecule has 0 spiro atoms. The summed E-state index contributed by atoms with van der Waals surface area (Å²) in [6.07, 6.45) is 0. The van der Waals surface area contributed by atoms with Crippen LogP contribution in [0.25, 0.3) is 22.2 Å². The summed E-state index contributed by atoms with van der Waals surface area (Å²) in [5.41, 5.74) is 3.92. The number of phenolic OH excluding ortho intramolecular Hbond substituents is 1. The Balaban J connectivity index is 1.48. The summed E-state index contributed by atoms with van der Waals surface area (Å²) in [5.74, 6) is -0.101. The van der Waals surface area contributed by atoms with E-state index in [4.69, 9.17) is 9.15 Å². The molecule has 0 unspecified atom stereocenters. The molecule has 2 aromatic heterocycles. The quantitative estimate of drug-likeness (QED) is 0.237. The van der Waals surface area contributed by atoms with Crippen molar-refractivity contribution in [3.05, 3.63) is 94.9 Å². The summed E-state index contributed by atoms with van der Waals surface area (Å²) < 4.78 is 11.3. The van der Waals surface area contributed by atoms with Gasteiger partial charge in [-0.1, -0.05) is 18.2 Å². The van der Waals surface area contributed by atoms with Gasteiger partial charge in [0.15, 0.2) is 5.76 Å². The van der Waals surface area contributed by atoms with E-state index < -0.39 is 5.91 Å². The first-order valence-corrected chi connectivity index (χ1v) is 11.8. The van der Waals surface area contributed by atoms with Gasteiger partial charge in [-0.2, -0.15) is 5.10 Å². The molecule has 0 aliphatic heterocycles. The van der Waals surface area contributed by atoms with Crippen LogP contribution in [0.5, 0.6) is 11.5 Å². The number of hydrogen-bond acceptors (Lipinski definition) is 6. The zero-order valence-electron chi connectivity index (χ0n) is 20.6. The minimum atomic E-state index is -0.505. The second kappa shape index (κ2) is 9.66. The fourth-order valence-electron chi connectivity index (χ4n) is 4.24. The Morgan fingerprint density at radius 1 is 1.05 bits per heavy atom. The lowest BCUT2D eigenvalue weighted by atomic mass is 10.0. The number of ketones is 1. The minimum absolute atomic E-state index is 0.0189. The second-order valence-corrected chi connectivity index (χ2v) is 8.69. The molecule has 0 atom stereocenters. The van der Waals surface area contributed by atoms with E-state index in [1.165, 1.54) is 0 Å². The lowest BCUT2D eigenvalue weighted by Gasteiger charge is -2.07. The van der Waals surface area contributed by atoms with E-state index in [0.717, 1.165) is 5.56 Å². The first kappa shape index (κ1) is 23.9. The van der Waals surface area contributed by atoms with Crippen molar-refractivity contribution in [1.29, 1.82) is 0 Å². The summed E-state index contributed by atoms with van der Waals surface area (Å²) in [5, 5.41) is 20.9. The normalized spacial score (nSPS) is 11.0. The number of benzene rings is 3. The van der Waals surface area contributed by atoms with Gasteiger partial charge >= 0.3 is 0 Å². The number of carbonyl (C=O) groups is 2. The van der Waals surface area contributed by atoms with Crippen molar-refractivity contribution >= 4 is 28.3 Å². The number of ether oxygens (including phenoxy) is 1. The van der Waals surface area contributed by atoms with Crippen LogP contribution < -0.4 is 10.1 Å². The van der Waals surface area contributed by atoms with Crippen molar-refractivity contribution in [3.63, 3.8) is 0 Å². The molecule has 0 radical (unpaired) electrons.